The van der Waals surface area contributed by atoms with Crippen LogP contribution in [-0.2, 0) is 16.8 Å². The van der Waals surface area contributed by atoms with Crippen LogP contribution in [0.4, 0.5) is 3.89 Å². The molecule has 1 aromatic rings. The number of halogens is 1. The van der Waals surface area contributed by atoms with Crippen molar-refractivity contribution in [3.8, 4) is 5.88 Å². The molecule has 0 fully saturated rings. The van der Waals surface area contributed by atoms with Gasteiger partial charge in [0.05, 0.1) is 12.8 Å². The van der Waals surface area contributed by atoms with E-state index in [-0.39, 0.29) is 5.88 Å². The van der Waals surface area contributed by atoms with Crippen molar-refractivity contribution in [2.24, 2.45) is 0 Å². The molecule has 7 heteroatoms. The van der Waals surface area contributed by atoms with Gasteiger partial charge in [-0.2, -0.15) is 13.5 Å². The Bertz CT molecular complexity index is 425. The second kappa shape index (κ2) is 2.69. The van der Waals surface area contributed by atoms with E-state index in [2.05, 4.69) is 5.10 Å². The molecule has 0 amide bonds. The Morgan fingerprint density at radius 3 is 3.08 bits per heavy atom. The summed E-state index contributed by atoms with van der Waals surface area (Å²) < 4.78 is 40.1. The zero-order valence-corrected chi connectivity index (χ0v) is 7.42. The molecule has 0 atom stereocenters. The summed E-state index contributed by atoms with van der Waals surface area (Å²) in [5, 5.41) is 3.70. The zero-order chi connectivity index (χ0) is 9.47. The van der Waals surface area contributed by atoms with Gasteiger partial charge in [-0.3, -0.25) is 0 Å². The normalized spacial score (nSPS) is 16.4. The molecule has 2 rings (SSSR count). The van der Waals surface area contributed by atoms with Crippen LogP contribution in [0.1, 0.15) is 6.42 Å². The largest absolute Gasteiger partial charge is 0.477 e. The topological polar surface area (TPSA) is 61.2 Å². The predicted molar refractivity (Wildman–Crippen MR) is 40.6 cm³/mol. The van der Waals surface area contributed by atoms with E-state index in [1.54, 1.807) is 0 Å². The van der Waals surface area contributed by atoms with E-state index in [1.807, 2.05) is 0 Å². The van der Waals surface area contributed by atoms with Crippen molar-refractivity contribution in [2.75, 3.05) is 6.61 Å². The second-order valence-electron chi connectivity index (χ2n) is 2.68. The summed E-state index contributed by atoms with van der Waals surface area (Å²) in [6.07, 6.45) is 1.72. The van der Waals surface area contributed by atoms with E-state index in [4.69, 9.17) is 4.74 Å². The zero-order valence-electron chi connectivity index (χ0n) is 6.60. The van der Waals surface area contributed by atoms with Gasteiger partial charge in [-0.25, -0.2) is 4.68 Å². The molecule has 0 saturated heterocycles. The molecule has 1 aliphatic rings. The Kier molecular flexibility index (Phi) is 1.76. The van der Waals surface area contributed by atoms with Crippen molar-refractivity contribution in [2.45, 2.75) is 17.9 Å². The quantitative estimate of drug-likeness (QED) is 0.621. The number of ether oxygens (including phenoxy) is 1. The van der Waals surface area contributed by atoms with E-state index in [0.29, 0.717) is 13.2 Å². The van der Waals surface area contributed by atoms with Crippen LogP contribution in [0.25, 0.3) is 0 Å². The molecule has 0 aliphatic carbocycles. The molecule has 1 aliphatic heterocycles. The Labute approximate surface area is 74.3 Å². The average molecular weight is 206 g/mol. The molecule has 0 radical (unpaired) electrons. The van der Waals surface area contributed by atoms with Gasteiger partial charge in [-0.15, -0.1) is 3.89 Å². The summed E-state index contributed by atoms with van der Waals surface area (Å²) in [7, 11) is -4.71. The third kappa shape index (κ3) is 1.39. The summed E-state index contributed by atoms with van der Waals surface area (Å²) in [4.78, 5) is -0.479. The van der Waals surface area contributed by atoms with Crippen molar-refractivity contribution in [3.63, 3.8) is 0 Å². The van der Waals surface area contributed by atoms with E-state index in [9.17, 15) is 12.3 Å². The fourth-order valence-electron chi connectivity index (χ4n) is 1.21. The number of hydrogen-bond acceptors (Lipinski definition) is 4. The van der Waals surface area contributed by atoms with Gasteiger partial charge in [-0.1, -0.05) is 0 Å². The molecule has 0 saturated carbocycles. The van der Waals surface area contributed by atoms with Gasteiger partial charge in [-0.05, 0) is 0 Å². The van der Waals surface area contributed by atoms with E-state index < -0.39 is 15.1 Å². The lowest BCUT2D eigenvalue weighted by Crippen LogP contribution is -2.15. The first-order valence-corrected chi connectivity index (χ1v) is 5.10. The highest BCUT2D eigenvalue weighted by molar-refractivity contribution is 7.86. The maximum Gasteiger partial charge on any atom is 0.339 e. The lowest BCUT2D eigenvalue weighted by molar-refractivity contribution is 0.224. The van der Waals surface area contributed by atoms with Crippen molar-refractivity contribution in [3.05, 3.63) is 6.20 Å². The predicted octanol–water partition coefficient (Wildman–Crippen LogP) is 0.324. The second-order valence-corrected chi connectivity index (χ2v) is 3.99. The van der Waals surface area contributed by atoms with E-state index >= 15 is 0 Å². The average Bonchev–Trinajstić information content (AvgIpc) is 2.45. The lowest BCUT2D eigenvalue weighted by Gasteiger charge is -2.14. The highest BCUT2D eigenvalue weighted by atomic mass is 32.3. The summed E-state index contributed by atoms with van der Waals surface area (Å²) in [5.74, 6) is 0.00810. The molecular weight excluding hydrogens is 199 g/mol. The molecule has 13 heavy (non-hydrogen) atoms. The molecule has 0 N–H and O–H groups in total. The van der Waals surface area contributed by atoms with Gasteiger partial charge in [0.25, 0.3) is 0 Å². The van der Waals surface area contributed by atoms with Gasteiger partial charge >= 0.3 is 10.2 Å². The Morgan fingerprint density at radius 1 is 1.62 bits per heavy atom. The standard InChI is InChI=1S/C6H7FN2O3S/c7-13(10,11)5-4-8-9-2-1-3-12-6(5)9/h4H,1-3H2. The maximum absolute atomic E-state index is 12.6. The molecule has 1 aromatic heterocycles. The third-order valence-electron chi connectivity index (χ3n) is 1.78. The Hall–Kier alpha value is -1.11. The number of nitrogens with zero attached hydrogens (tertiary/aromatic N) is 2. The molecule has 0 bridgehead atoms. The van der Waals surface area contributed by atoms with Gasteiger partial charge in [0.2, 0.25) is 5.88 Å². The fraction of sp³-hybridized carbons (Fsp3) is 0.500. The number of aryl methyl sites for hydroxylation is 1. The monoisotopic (exact) mass is 206 g/mol. The van der Waals surface area contributed by atoms with Crippen LogP contribution >= 0.6 is 0 Å². The van der Waals surface area contributed by atoms with E-state index in [0.717, 1.165) is 12.6 Å². The third-order valence-corrected chi connectivity index (χ3v) is 2.58. The Morgan fingerprint density at radius 2 is 2.38 bits per heavy atom. The molecule has 0 unspecified atom stereocenters. The van der Waals surface area contributed by atoms with Crippen LogP contribution in [0.3, 0.4) is 0 Å². The molecular formula is C6H7FN2O3S. The minimum Gasteiger partial charge on any atom is -0.477 e. The van der Waals surface area contributed by atoms with Crippen molar-refractivity contribution in [1.29, 1.82) is 0 Å². The van der Waals surface area contributed by atoms with Crippen LogP contribution in [0.15, 0.2) is 11.1 Å². The van der Waals surface area contributed by atoms with Crippen LogP contribution < -0.4 is 4.74 Å². The van der Waals surface area contributed by atoms with Crippen molar-refractivity contribution in [1.82, 2.24) is 9.78 Å². The summed E-state index contributed by atoms with van der Waals surface area (Å²) in [5.41, 5.74) is 0. The summed E-state index contributed by atoms with van der Waals surface area (Å²) in [6, 6.07) is 0. The maximum atomic E-state index is 12.6. The van der Waals surface area contributed by atoms with Gasteiger partial charge in [0.15, 0.2) is 4.90 Å². The molecule has 5 nitrogen and oxygen atoms in total. The summed E-state index contributed by atoms with van der Waals surface area (Å²) >= 11 is 0. The van der Waals surface area contributed by atoms with Crippen LogP contribution in [0.2, 0.25) is 0 Å². The molecule has 0 aromatic carbocycles. The highest BCUT2D eigenvalue weighted by Crippen LogP contribution is 2.27. The van der Waals surface area contributed by atoms with Gasteiger partial charge in [0, 0.05) is 13.0 Å². The number of fused-ring (bicyclic) bond motifs is 1. The SMILES string of the molecule is O=S(=O)(F)c1cnn2c1OCCC2. The van der Waals surface area contributed by atoms with Gasteiger partial charge < -0.3 is 4.74 Å². The first-order valence-electron chi connectivity index (χ1n) is 3.72. The smallest absolute Gasteiger partial charge is 0.339 e. The van der Waals surface area contributed by atoms with Crippen LogP contribution in [-0.4, -0.2) is 24.8 Å². The number of aromatic nitrogens is 2. The molecule has 72 valence electrons. The minimum atomic E-state index is -4.71. The van der Waals surface area contributed by atoms with Gasteiger partial charge in [0.1, 0.15) is 0 Å². The van der Waals surface area contributed by atoms with Crippen molar-refractivity contribution < 1.29 is 17.0 Å². The first-order chi connectivity index (χ1) is 6.09. The minimum absolute atomic E-state index is 0.00810. The number of hydrogen-bond donors (Lipinski definition) is 0. The molecule has 0 spiro atoms. The lowest BCUT2D eigenvalue weighted by atomic mass is 10.4. The van der Waals surface area contributed by atoms with E-state index in [1.165, 1.54) is 4.68 Å². The first kappa shape index (κ1) is 8.49. The Balaban J connectivity index is 2.55. The number of rotatable bonds is 1. The highest BCUT2D eigenvalue weighted by Gasteiger charge is 2.25. The van der Waals surface area contributed by atoms with Crippen LogP contribution in [0.5, 0.6) is 5.88 Å². The summed E-state index contributed by atoms with van der Waals surface area (Å²) in [6.45, 7) is 0.957. The van der Waals surface area contributed by atoms with Crippen molar-refractivity contribution >= 4 is 10.2 Å². The fourth-order valence-corrected chi connectivity index (χ4v) is 1.76. The molecule has 2 heterocycles. The van der Waals surface area contributed by atoms with Crippen LogP contribution in [0, 0.1) is 0 Å².